The van der Waals surface area contributed by atoms with Crippen LogP contribution in [0, 0.1) is 6.92 Å². The number of hydrogen-bond donors (Lipinski definition) is 0. The second kappa shape index (κ2) is 5.01. The summed E-state index contributed by atoms with van der Waals surface area (Å²) in [7, 11) is 2.14. The van der Waals surface area contributed by atoms with Gasteiger partial charge in [0.1, 0.15) is 5.44 Å². The van der Waals surface area contributed by atoms with Crippen LogP contribution in [0.25, 0.3) is 0 Å². The molecule has 0 radical (unpaired) electrons. The van der Waals surface area contributed by atoms with Crippen LogP contribution in [-0.2, 0) is 4.74 Å². The number of nitrogens with zero attached hydrogens (tertiary/aromatic N) is 1. The summed E-state index contributed by atoms with van der Waals surface area (Å²) in [5, 5.41) is 0. The van der Waals surface area contributed by atoms with Gasteiger partial charge in [0.05, 0.1) is 6.61 Å². The van der Waals surface area contributed by atoms with Gasteiger partial charge in [-0.25, -0.2) is 0 Å². The van der Waals surface area contributed by atoms with Crippen molar-refractivity contribution in [2.75, 3.05) is 26.7 Å². The number of morpholine rings is 1. The van der Waals surface area contributed by atoms with E-state index in [1.54, 1.807) is 0 Å². The second-order valence-corrected chi connectivity index (χ2v) is 5.23. The van der Waals surface area contributed by atoms with Crippen LogP contribution in [0.4, 0.5) is 0 Å². The molecule has 1 unspecified atom stereocenters. The number of ether oxygens (including phenoxy) is 1. The minimum atomic E-state index is 0.284. The third-order valence-electron chi connectivity index (χ3n) is 2.53. The lowest BCUT2D eigenvalue weighted by Crippen LogP contribution is -2.38. The monoisotopic (exact) mass is 223 g/mol. The maximum absolute atomic E-state index is 5.70. The zero-order chi connectivity index (χ0) is 10.7. The van der Waals surface area contributed by atoms with Gasteiger partial charge in [-0.2, -0.15) is 0 Å². The number of likely N-dealkylation sites (N-methyl/N-ethyl adjacent to an activating group) is 1. The molecule has 1 aliphatic rings. The fourth-order valence-electron chi connectivity index (χ4n) is 1.58. The normalized spacial score (nSPS) is 22.9. The first-order valence-corrected chi connectivity index (χ1v) is 6.15. The van der Waals surface area contributed by atoms with E-state index < -0.39 is 0 Å². The number of rotatable bonds is 2. The van der Waals surface area contributed by atoms with Crippen LogP contribution >= 0.6 is 11.8 Å². The molecule has 2 rings (SSSR count). The van der Waals surface area contributed by atoms with Crippen LogP contribution in [-0.4, -0.2) is 37.1 Å². The Balaban J connectivity index is 1.93. The Morgan fingerprint density at radius 2 is 2.07 bits per heavy atom. The van der Waals surface area contributed by atoms with Gasteiger partial charge >= 0.3 is 0 Å². The first-order chi connectivity index (χ1) is 7.24. The smallest absolute Gasteiger partial charge is 0.120 e. The van der Waals surface area contributed by atoms with Crippen molar-refractivity contribution < 1.29 is 4.74 Å². The van der Waals surface area contributed by atoms with E-state index in [0.717, 1.165) is 19.7 Å². The third-order valence-corrected chi connectivity index (χ3v) is 3.62. The molecule has 1 aliphatic heterocycles. The molecular formula is C12H17NOS. The molecule has 0 amide bonds. The van der Waals surface area contributed by atoms with Gasteiger partial charge in [-0.05, 0) is 26.1 Å². The van der Waals surface area contributed by atoms with E-state index in [-0.39, 0.29) is 5.44 Å². The molecule has 1 aromatic rings. The van der Waals surface area contributed by atoms with Crippen LogP contribution in [0.1, 0.15) is 5.56 Å². The SMILES string of the molecule is Cc1ccc(SC2CN(C)CCO2)cc1. The van der Waals surface area contributed by atoms with E-state index in [1.165, 1.54) is 10.5 Å². The maximum Gasteiger partial charge on any atom is 0.120 e. The first-order valence-electron chi connectivity index (χ1n) is 5.27. The van der Waals surface area contributed by atoms with Gasteiger partial charge in [0.15, 0.2) is 0 Å². The predicted octanol–water partition coefficient (Wildman–Crippen LogP) is 2.38. The van der Waals surface area contributed by atoms with Crippen LogP contribution in [0.2, 0.25) is 0 Å². The fraction of sp³-hybridized carbons (Fsp3) is 0.500. The summed E-state index contributed by atoms with van der Waals surface area (Å²) in [6.45, 7) is 5.02. The van der Waals surface area contributed by atoms with E-state index in [0.29, 0.717) is 0 Å². The summed E-state index contributed by atoms with van der Waals surface area (Å²) in [4.78, 5) is 3.61. The highest BCUT2D eigenvalue weighted by molar-refractivity contribution is 7.99. The summed E-state index contributed by atoms with van der Waals surface area (Å²) in [6.07, 6.45) is 0. The number of benzene rings is 1. The first kappa shape index (κ1) is 11.0. The van der Waals surface area contributed by atoms with Gasteiger partial charge in [-0.15, -0.1) is 0 Å². The van der Waals surface area contributed by atoms with Crippen molar-refractivity contribution in [3.8, 4) is 0 Å². The molecule has 1 fully saturated rings. The Hall–Kier alpha value is -0.510. The lowest BCUT2D eigenvalue weighted by Gasteiger charge is -2.29. The van der Waals surface area contributed by atoms with E-state index in [4.69, 9.17) is 4.74 Å². The third kappa shape index (κ3) is 3.23. The molecule has 0 bridgehead atoms. The average molecular weight is 223 g/mol. The van der Waals surface area contributed by atoms with Crippen molar-refractivity contribution >= 4 is 11.8 Å². The molecule has 0 N–H and O–H groups in total. The number of aryl methyl sites for hydroxylation is 1. The Kier molecular flexibility index (Phi) is 3.67. The van der Waals surface area contributed by atoms with Gasteiger partial charge in [0.25, 0.3) is 0 Å². The predicted molar refractivity (Wildman–Crippen MR) is 64.3 cm³/mol. The quantitative estimate of drug-likeness (QED) is 0.764. The molecular weight excluding hydrogens is 206 g/mol. The van der Waals surface area contributed by atoms with E-state index in [9.17, 15) is 0 Å². The molecule has 15 heavy (non-hydrogen) atoms. The van der Waals surface area contributed by atoms with Crippen molar-refractivity contribution in [1.82, 2.24) is 4.90 Å². The zero-order valence-corrected chi connectivity index (χ0v) is 10.1. The molecule has 82 valence electrons. The van der Waals surface area contributed by atoms with Crippen LogP contribution in [0.15, 0.2) is 29.2 Å². The Labute approximate surface area is 95.6 Å². The van der Waals surface area contributed by atoms with Crippen LogP contribution in [0.3, 0.4) is 0 Å². The summed E-state index contributed by atoms with van der Waals surface area (Å²) < 4.78 is 5.70. The minimum absolute atomic E-state index is 0.284. The van der Waals surface area contributed by atoms with Gasteiger partial charge in [-0.1, -0.05) is 29.5 Å². The summed E-state index contributed by atoms with van der Waals surface area (Å²) in [5.41, 5.74) is 1.59. The van der Waals surface area contributed by atoms with Gasteiger partial charge in [0.2, 0.25) is 0 Å². The van der Waals surface area contributed by atoms with E-state index >= 15 is 0 Å². The molecule has 0 aliphatic carbocycles. The molecule has 1 heterocycles. The highest BCUT2D eigenvalue weighted by Gasteiger charge is 2.18. The minimum Gasteiger partial charge on any atom is -0.365 e. The van der Waals surface area contributed by atoms with Crippen molar-refractivity contribution in [3.63, 3.8) is 0 Å². The summed E-state index contributed by atoms with van der Waals surface area (Å²) >= 11 is 1.81. The maximum atomic E-state index is 5.70. The lowest BCUT2D eigenvalue weighted by molar-refractivity contribution is 0.0295. The standard InChI is InChI=1S/C12H17NOS/c1-10-3-5-11(6-4-10)15-12-9-13(2)7-8-14-12/h3-6,12H,7-9H2,1-2H3. The second-order valence-electron chi connectivity index (χ2n) is 3.99. The van der Waals surface area contributed by atoms with E-state index in [1.807, 2.05) is 11.8 Å². The van der Waals surface area contributed by atoms with Crippen molar-refractivity contribution in [1.29, 1.82) is 0 Å². The molecule has 0 aromatic heterocycles. The van der Waals surface area contributed by atoms with E-state index in [2.05, 4.69) is 43.1 Å². The topological polar surface area (TPSA) is 12.5 Å². The van der Waals surface area contributed by atoms with Crippen molar-refractivity contribution in [2.45, 2.75) is 17.3 Å². The Bertz CT molecular complexity index is 312. The molecule has 0 spiro atoms. The Morgan fingerprint density at radius 1 is 1.33 bits per heavy atom. The zero-order valence-electron chi connectivity index (χ0n) is 9.27. The summed E-state index contributed by atoms with van der Waals surface area (Å²) in [5.74, 6) is 0. The number of thioether (sulfide) groups is 1. The van der Waals surface area contributed by atoms with Gasteiger partial charge in [-0.3, -0.25) is 0 Å². The molecule has 1 saturated heterocycles. The van der Waals surface area contributed by atoms with Crippen LogP contribution < -0.4 is 0 Å². The average Bonchev–Trinajstić information content (AvgIpc) is 2.22. The highest BCUT2D eigenvalue weighted by atomic mass is 32.2. The summed E-state index contributed by atoms with van der Waals surface area (Å²) in [6, 6.07) is 8.62. The molecule has 1 atom stereocenters. The fourth-order valence-corrected chi connectivity index (χ4v) is 2.67. The number of hydrogen-bond acceptors (Lipinski definition) is 3. The van der Waals surface area contributed by atoms with Crippen LogP contribution in [0.5, 0.6) is 0 Å². The molecule has 3 heteroatoms. The van der Waals surface area contributed by atoms with Gasteiger partial charge in [0, 0.05) is 18.0 Å². The molecule has 0 saturated carbocycles. The van der Waals surface area contributed by atoms with Crippen molar-refractivity contribution in [2.24, 2.45) is 0 Å². The Morgan fingerprint density at radius 3 is 2.73 bits per heavy atom. The largest absolute Gasteiger partial charge is 0.365 e. The lowest BCUT2D eigenvalue weighted by atomic mass is 10.2. The van der Waals surface area contributed by atoms with Gasteiger partial charge < -0.3 is 9.64 Å². The molecule has 2 nitrogen and oxygen atoms in total. The van der Waals surface area contributed by atoms with Crippen molar-refractivity contribution in [3.05, 3.63) is 29.8 Å². The highest BCUT2D eigenvalue weighted by Crippen LogP contribution is 2.26. The molecule has 1 aromatic carbocycles.